The van der Waals surface area contributed by atoms with Crippen LogP contribution in [0.1, 0.15) is 20.8 Å². The van der Waals surface area contributed by atoms with E-state index >= 15 is 0 Å². The number of nitrogens with zero attached hydrogens (tertiary/aromatic N) is 3. The minimum absolute atomic E-state index is 0.162. The van der Waals surface area contributed by atoms with E-state index in [0.717, 1.165) is 0 Å². The number of hydrogen-bond donors (Lipinski definition) is 1. The van der Waals surface area contributed by atoms with E-state index < -0.39 is 6.42 Å². The summed E-state index contributed by atoms with van der Waals surface area (Å²) in [6.07, 6.45) is 0.371. The Morgan fingerprint density at radius 3 is 2.73 bits per heavy atom. The number of nitrogens with two attached hydrogens (primary N) is 1. The largest absolute Gasteiger partial charge is 0.382 e. The number of halogens is 1. The predicted octanol–water partition coefficient (Wildman–Crippen LogP) is 1.50. The van der Waals surface area contributed by atoms with Crippen LogP contribution in [0.2, 0.25) is 0 Å². The van der Waals surface area contributed by atoms with Gasteiger partial charge in [-0.25, -0.2) is 4.99 Å². The van der Waals surface area contributed by atoms with Crippen molar-refractivity contribution in [3.63, 3.8) is 0 Å². The Morgan fingerprint density at radius 2 is 2.20 bits per heavy atom. The van der Waals surface area contributed by atoms with Gasteiger partial charge in [-0.1, -0.05) is 13.8 Å². The minimum Gasteiger partial charge on any atom is -0.382 e. The Morgan fingerprint density at radius 1 is 1.60 bits per heavy atom. The fourth-order valence-corrected chi connectivity index (χ4v) is 1.16. The lowest BCUT2D eigenvalue weighted by Crippen LogP contribution is -2.34. The van der Waals surface area contributed by atoms with Crippen molar-refractivity contribution in [1.82, 2.24) is 4.90 Å². The highest BCUT2D eigenvalue weighted by molar-refractivity contribution is 5.99. The predicted molar refractivity (Wildman–Crippen MR) is 60.3 cm³/mol. The molecule has 0 aromatic heterocycles. The molecule has 0 amide bonds. The zero-order valence-electron chi connectivity index (χ0n) is 9.53. The molecule has 0 radical (unpaired) electrons. The summed E-state index contributed by atoms with van der Waals surface area (Å²) in [5.74, 6) is 0.488. The van der Waals surface area contributed by atoms with Crippen LogP contribution in [0.5, 0.6) is 0 Å². The molecule has 0 saturated carbocycles. The van der Waals surface area contributed by atoms with E-state index in [4.69, 9.17) is 5.73 Å². The van der Waals surface area contributed by atoms with Gasteiger partial charge in [0, 0.05) is 19.0 Å². The lowest BCUT2D eigenvalue weighted by molar-refractivity contribution is 0.150. The zero-order valence-corrected chi connectivity index (χ0v) is 9.53. The van der Waals surface area contributed by atoms with E-state index in [0.29, 0.717) is 17.3 Å². The molecular weight excluding hydrogens is 195 g/mol. The highest BCUT2D eigenvalue weighted by Crippen LogP contribution is 2.20. The van der Waals surface area contributed by atoms with Gasteiger partial charge in [-0.3, -0.25) is 4.99 Å². The van der Waals surface area contributed by atoms with E-state index in [1.807, 2.05) is 13.8 Å². The normalized spacial score (nSPS) is 22.9. The number of allylic oxidation sites excluding steroid dienone is 1. The van der Waals surface area contributed by atoms with Gasteiger partial charge < -0.3 is 10.6 Å². The van der Waals surface area contributed by atoms with Gasteiger partial charge in [-0.15, -0.1) is 0 Å². The minimum atomic E-state index is -1.40. The van der Waals surface area contributed by atoms with Crippen molar-refractivity contribution in [3.8, 4) is 0 Å². The molecule has 0 aliphatic carbocycles. The van der Waals surface area contributed by atoms with Crippen molar-refractivity contribution in [2.75, 3.05) is 7.05 Å². The van der Waals surface area contributed by atoms with Crippen LogP contribution >= 0.6 is 0 Å². The summed E-state index contributed by atoms with van der Waals surface area (Å²) in [6, 6.07) is 0. The molecule has 0 aromatic rings. The fraction of sp³-hybridized carbons (Fsp3) is 0.600. The molecule has 1 rings (SSSR count). The number of rotatable bonds is 2. The molecule has 84 valence electrons. The summed E-state index contributed by atoms with van der Waals surface area (Å²) in [5, 5.41) is 0. The molecule has 0 spiro atoms. The Kier molecular flexibility index (Phi) is 3.44. The second-order valence-electron chi connectivity index (χ2n) is 3.89. The van der Waals surface area contributed by atoms with Gasteiger partial charge >= 0.3 is 0 Å². The summed E-state index contributed by atoms with van der Waals surface area (Å²) >= 11 is 0. The van der Waals surface area contributed by atoms with Crippen LogP contribution in [-0.2, 0) is 0 Å². The molecule has 5 heteroatoms. The monoisotopic (exact) mass is 212 g/mol. The Bertz CT molecular complexity index is 330. The fourth-order valence-electron chi connectivity index (χ4n) is 1.16. The Labute approximate surface area is 89.4 Å². The van der Waals surface area contributed by atoms with Crippen LogP contribution < -0.4 is 5.73 Å². The van der Waals surface area contributed by atoms with Crippen molar-refractivity contribution in [2.45, 2.75) is 27.2 Å². The molecule has 0 bridgehead atoms. The third-order valence-corrected chi connectivity index (χ3v) is 2.18. The summed E-state index contributed by atoms with van der Waals surface area (Å²) < 4.78 is 13.2. The Hall–Kier alpha value is -1.39. The van der Waals surface area contributed by atoms with E-state index in [1.165, 1.54) is 4.90 Å². The first kappa shape index (κ1) is 11.7. The van der Waals surface area contributed by atoms with Gasteiger partial charge in [0.25, 0.3) is 6.42 Å². The van der Waals surface area contributed by atoms with E-state index in [-0.39, 0.29) is 5.84 Å². The van der Waals surface area contributed by atoms with Crippen molar-refractivity contribution >= 4 is 12.1 Å². The van der Waals surface area contributed by atoms with Crippen molar-refractivity contribution in [1.29, 1.82) is 0 Å². The van der Waals surface area contributed by atoms with Gasteiger partial charge in [0.2, 0.25) is 0 Å². The van der Waals surface area contributed by atoms with Crippen molar-refractivity contribution < 1.29 is 4.39 Å². The molecular formula is C10H17FN4. The molecule has 0 aromatic carbocycles. The second-order valence-corrected chi connectivity index (χ2v) is 3.89. The lowest BCUT2D eigenvalue weighted by atomic mass is 10.2. The Balaban J connectivity index is 3.00. The van der Waals surface area contributed by atoms with Crippen LogP contribution in [0.4, 0.5) is 4.39 Å². The van der Waals surface area contributed by atoms with Gasteiger partial charge in [0.15, 0.2) is 5.84 Å². The maximum absolute atomic E-state index is 13.2. The quantitative estimate of drug-likeness (QED) is 0.557. The molecule has 0 saturated heterocycles. The van der Waals surface area contributed by atoms with Gasteiger partial charge in [0.1, 0.15) is 5.70 Å². The maximum Gasteiger partial charge on any atom is 0.268 e. The topological polar surface area (TPSA) is 54.0 Å². The second kappa shape index (κ2) is 4.42. The van der Waals surface area contributed by atoms with Crippen LogP contribution in [0.15, 0.2) is 21.4 Å². The highest BCUT2D eigenvalue weighted by Gasteiger charge is 2.22. The van der Waals surface area contributed by atoms with Crippen molar-refractivity contribution in [3.05, 3.63) is 11.4 Å². The molecule has 1 heterocycles. The molecule has 1 aliphatic heterocycles. The lowest BCUT2D eigenvalue weighted by Gasteiger charge is -2.27. The SMILES string of the molecule is CC1=C(N=CC(C)C)C(N)=NC(F)N1C. The van der Waals surface area contributed by atoms with Gasteiger partial charge in [0.05, 0.1) is 0 Å². The van der Waals surface area contributed by atoms with E-state index in [9.17, 15) is 4.39 Å². The third kappa shape index (κ3) is 2.55. The van der Waals surface area contributed by atoms with Gasteiger partial charge in [-0.05, 0) is 12.8 Å². The summed E-state index contributed by atoms with van der Waals surface area (Å²) in [7, 11) is 1.63. The summed E-state index contributed by atoms with van der Waals surface area (Å²) in [4.78, 5) is 9.28. The first-order valence-corrected chi connectivity index (χ1v) is 4.89. The van der Waals surface area contributed by atoms with Crippen LogP contribution in [0, 0.1) is 5.92 Å². The van der Waals surface area contributed by atoms with E-state index in [1.54, 1.807) is 20.2 Å². The van der Waals surface area contributed by atoms with E-state index in [2.05, 4.69) is 9.98 Å². The number of aliphatic imine (C=N–C) groups is 2. The summed E-state index contributed by atoms with van der Waals surface area (Å²) in [6.45, 7) is 5.80. The van der Waals surface area contributed by atoms with Gasteiger partial charge in [-0.2, -0.15) is 4.39 Å². The van der Waals surface area contributed by atoms with Crippen molar-refractivity contribution in [2.24, 2.45) is 21.6 Å². The molecule has 1 unspecified atom stereocenters. The molecule has 1 aliphatic rings. The first-order valence-electron chi connectivity index (χ1n) is 4.89. The highest BCUT2D eigenvalue weighted by atomic mass is 19.1. The standard InChI is InChI=1S/C10H17FN4/c1-6(2)5-13-8-7(3)15(4)10(11)14-9(8)12/h5-6,10H,1-4H3,(H2,12,14). The average Bonchev–Trinajstić information content (AvgIpc) is 2.14. The number of hydrogen-bond acceptors (Lipinski definition) is 4. The molecule has 1 atom stereocenters. The van der Waals surface area contributed by atoms with Crippen LogP contribution in [0.3, 0.4) is 0 Å². The zero-order chi connectivity index (χ0) is 11.6. The molecule has 0 fully saturated rings. The average molecular weight is 212 g/mol. The molecule has 2 N–H and O–H groups in total. The first-order chi connectivity index (χ1) is 6.93. The van der Waals surface area contributed by atoms with Crippen LogP contribution in [-0.4, -0.2) is 30.4 Å². The number of amidine groups is 1. The number of alkyl halides is 1. The maximum atomic E-state index is 13.2. The van der Waals surface area contributed by atoms with Crippen LogP contribution in [0.25, 0.3) is 0 Å². The third-order valence-electron chi connectivity index (χ3n) is 2.18. The summed E-state index contributed by atoms with van der Waals surface area (Å²) in [5.41, 5.74) is 6.88. The molecule has 15 heavy (non-hydrogen) atoms. The smallest absolute Gasteiger partial charge is 0.268 e. The molecule has 4 nitrogen and oxygen atoms in total.